The van der Waals surface area contributed by atoms with E-state index in [4.69, 9.17) is 11.6 Å². The molecule has 5 heteroatoms. The minimum absolute atomic E-state index is 0.171. The van der Waals surface area contributed by atoms with Crippen molar-refractivity contribution in [2.45, 2.75) is 0 Å². The molecule has 3 aromatic rings. The van der Waals surface area contributed by atoms with Crippen LogP contribution < -0.4 is 5.32 Å². The number of azo groups is 1. The lowest BCUT2D eigenvalue weighted by molar-refractivity contribution is 0.102. The maximum absolute atomic E-state index is 12.2. The van der Waals surface area contributed by atoms with Crippen molar-refractivity contribution < 1.29 is 4.79 Å². The van der Waals surface area contributed by atoms with E-state index in [9.17, 15) is 4.79 Å². The predicted octanol–water partition coefficient (Wildman–Crippen LogP) is 6.01. The molecule has 0 unspecified atom stereocenters. The van der Waals surface area contributed by atoms with Crippen molar-refractivity contribution in [3.63, 3.8) is 0 Å². The Bertz CT molecular complexity index is 879. The molecule has 3 rings (SSSR count). The van der Waals surface area contributed by atoms with Crippen LogP contribution in [0.1, 0.15) is 10.4 Å². The molecule has 4 nitrogen and oxygen atoms in total. The Morgan fingerprint density at radius 2 is 1.58 bits per heavy atom. The van der Waals surface area contributed by atoms with Crippen molar-refractivity contribution in [2.24, 2.45) is 10.2 Å². The number of nitrogens with one attached hydrogen (secondary N) is 1. The number of benzene rings is 3. The van der Waals surface area contributed by atoms with Gasteiger partial charge >= 0.3 is 0 Å². The molecule has 0 radical (unpaired) electrons. The van der Waals surface area contributed by atoms with E-state index in [1.807, 2.05) is 36.4 Å². The molecule has 0 aromatic heterocycles. The highest BCUT2D eigenvalue weighted by Gasteiger charge is 2.05. The molecule has 0 bridgehead atoms. The Kier molecular flexibility index (Phi) is 4.99. The highest BCUT2D eigenvalue weighted by Crippen LogP contribution is 2.27. The van der Waals surface area contributed by atoms with Crippen molar-refractivity contribution in [2.75, 3.05) is 5.32 Å². The van der Waals surface area contributed by atoms with Crippen LogP contribution in [0.25, 0.3) is 0 Å². The number of carbonyl (C=O) groups excluding carboxylic acids is 1. The molecule has 0 heterocycles. The lowest BCUT2D eigenvalue weighted by Crippen LogP contribution is -2.11. The number of halogens is 1. The Morgan fingerprint density at radius 3 is 2.38 bits per heavy atom. The third kappa shape index (κ3) is 4.06. The topological polar surface area (TPSA) is 53.8 Å². The summed E-state index contributed by atoms with van der Waals surface area (Å²) < 4.78 is 0. The smallest absolute Gasteiger partial charge is 0.255 e. The quantitative estimate of drug-likeness (QED) is 0.583. The molecule has 1 N–H and O–H groups in total. The standard InChI is InChI=1S/C19H14ClN3O/c20-17-11-4-5-12-18(17)23-22-16-10-6-9-15(13-16)21-19(24)14-7-2-1-3-8-14/h1-13H,(H,21,24). The molecule has 0 saturated heterocycles. The van der Waals surface area contributed by atoms with Crippen molar-refractivity contribution in [1.82, 2.24) is 0 Å². The van der Waals surface area contributed by atoms with Crippen LogP contribution in [0.15, 0.2) is 89.1 Å². The summed E-state index contributed by atoms with van der Waals surface area (Å²) in [4.78, 5) is 12.2. The fourth-order valence-electron chi connectivity index (χ4n) is 2.08. The largest absolute Gasteiger partial charge is 0.322 e. The van der Waals surface area contributed by atoms with Gasteiger partial charge in [-0.2, -0.15) is 5.11 Å². The van der Waals surface area contributed by atoms with E-state index in [2.05, 4.69) is 15.5 Å². The van der Waals surface area contributed by atoms with Gasteiger partial charge in [-0.3, -0.25) is 4.79 Å². The second kappa shape index (κ2) is 7.53. The SMILES string of the molecule is O=C(Nc1cccc(N=Nc2ccccc2Cl)c1)c1ccccc1. The molecule has 0 aliphatic rings. The van der Waals surface area contributed by atoms with Gasteiger partial charge in [-0.05, 0) is 42.5 Å². The van der Waals surface area contributed by atoms with Crippen LogP contribution in [0.2, 0.25) is 5.02 Å². The molecule has 1 amide bonds. The zero-order valence-corrected chi connectivity index (χ0v) is 13.4. The molecule has 24 heavy (non-hydrogen) atoms. The molecule has 0 aliphatic heterocycles. The highest BCUT2D eigenvalue weighted by atomic mass is 35.5. The van der Waals surface area contributed by atoms with Crippen LogP contribution in [0.3, 0.4) is 0 Å². The number of nitrogens with zero attached hydrogens (tertiary/aromatic N) is 2. The minimum Gasteiger partial charge on any atom is -0.322 e. The molecule has 3 aromatic carbocycles. The minimum atomic E-state index is -0.171. The first kappa shape index (κ1) is 15.9. The van der Waals surface area contributed by atoms with Gasteiger partial charge in [-0.1, -0.05) is 48.0 Å². The first-order valence-corrected chi connectivity index (χ1v) is 7.73. The van der Waals surface area contributed by atoms with E-state index >= 15 is 0 Å². The number of hydrogen-bond donors (Lipinski definition) is 1. The summed E-state index contributed by atoms with van der Waals surface area (Å²) in [7, 11) is 0. The van der Waals surface area contributed by atoms with Crippen molar-refractivity contribution in [3.05, 3.63) is 89.4 Å². The van der Waals surface area contributed by atoms with Gasteiger partial charge in [-0.15, -0.1) is 5.11 Å². The normalized spacial score (nSPS) is 10.7. The second-order valence-electron chi connectivity index (χ2n) is 5.02. The van der Waals surface area contributed by atoms with Crippen LogP contribution in [-0.2, 0) is 0 Å². The third-order valence-corrected chi connectivity index (χ3v) is 3.59. The summed E-state index contributed by atoms with van der Waals surface area (Å²) >= 11 is 6.05. The van der Waals surface area contributed by atoms with Crippen LogP contribution in [0.4, 0.5) is 17.1 Å². The number of amides is 1. The zero-order chi connectivity index (χ0) is 16.8. The van der Waals surface area contributed by atoms with Crippen LogP contribution in [0, 0.1) is 0 Å². The zero-order valence-electron chi connectivity index (χ0n) is 12.7. The van der Waals surface area contributed by atoms with Crippen LogP contribution >= 0.6 is 11.6 Å². The maximum Gasteiger partial charge on any atom is 0.255 e. The average molecular weight is 336 g/mol. The van der Waals surface area contributed by atoms with Gasteiger partial charge in [0, 0.05) is 11.3 Å². The predicted molar refractivity (Wildman–Crippen MR) is 96.5 cm³/mol. The molecular weight excluding hydrogens is 322 g/mol. The molecule has 0 atom stereocenters. The lowest BCUT2D eigenvalue weighted by Gasteiger charge is -2.05. The summed E-state index contributed by atoms with van der Waals surface area (Å²) in [5.41, 5.74) is 2.47. The van der Waals surface area contributed by atoms with Crippen molar-refractivity contribution in [3.8, 4) is 0 Å². The fourth-order valence-corrected chi connectivity index (χ4v) is 2.26. The number of anilines is 1. The van der Waals surface area contributed by atoms with E-state index in [1.165, 1.54) is 0 Å². The monoisotopic (exact) mass is 335 g/mol. The van der Waals surface area contributed by atoms with Gasteiger partial charge in [0.2, 0.25) is 0 Å². The van der Waals surface area contributed by atoms with Gasteiger partial charge in [0.25, 0.3) is 5.91 Å². The van der Waals surface area contributed by atoms with E-state index in [1.54, 1.807) is 42.5 Å². The Labute approximate surface area is 144 Å². The molecule has 118 valence electrons. The maximum atomic E-state index is 12.2. The van der Waals surface area contributed by atoms with E-state index < -0.39 is 0 Å². The first-order chi connectivity index (χ1) is 11.7. The lowest BCUT2D eigenvalue weighted by atomic mass is 10.2. The van der Waals surface area contributed by atoms with Crippen LogP contribution in [0.5, 0.6) is 0 Å². The number of carbonyl (C=O) groups is 1. The number of rotatable bonds is 4. The van der Waals surface area contributed by atoms with Crippen LogP contribution in [-0.4, -0.2) is 5.91 Å². The van der Waals surface area contributed by atoms with Gasteiger partial charge in [-0.25, -0.2) is 0 Å². The summed E-state index contributed by atoms with van der Waals surface area (Å²) in [5, 5.41) is 11.7. The molecular formula is C19H14ClN3O. The van der Waals surface area contributed by atoms with Gasteiger partial charge in [0.1, 0.15) is 5.69 Å². The first-order valence-electron chi connectivity index (χ1n) is 7.35. The van der Waals surface area contributed by atoms with Gasteiger partial charge < -0.3 is 5.32 Å². The summed E-state index contributed by atoms with van der Waals surface area (Å²) in [6.45, 7) is 0. The summed E-state index contributed by atoms with van der Waals surface area (Å²) in [6.07, 6.45) is 0. The molecule has 0 saturated carbocycles. The van der Waals surface area contributed by atoms with Crippen molar-refractivity contribution in [1.29, 1.82) is 0 Å². The molecule has 0 spiro atoms. The van der Waals surface area contributed by atoms with E-state index in [-0.39, 0.29) is 5.91 Å². The van der Waals surface area contributed by atoms with Gasteiger partial charge in [0.05, 0.1) is 10.7 Å². The average Bonchev–Trinajstić information content (AvgIpc) is 2.62. The Hall–Kier alpha value is -2.98. The van der Waals surface area contributed by atoms with Crippen molar-refractivity contribution >= 4 is 34.6 Å². The Balaban J connectivity index is 1.75. The van der Waals surface area contributed by atoms with E-state index in [0.717, 1.165) is 0 Å². The second-order valence-corrected chi connectivity index (χ2v) is 5.43. The molecule has 0 aliphatic carbocycles. The summed E-state index contributed by atoms with van der Waals surface area (Å²) in [5.74, 6) is -0.171. The van der Waals surface area contributed by atoms with E-state index in [0.29, 0.717) is 27.6 Å². The van der Waals surface area contributed by atoms with Gasteiger partial charge in [0.15, 0.2) is 0 Å². The fraction of sp³-hybridized carbons (Fsp3) is 0. The molecule has 0 fully saturated rings. The highest BCUT2D eigenvalue weighted by molar-refractivity contribution is 6.32. The number of hydrogen-bond acceptors (Lipinski definition) is 3. The third-order valence-electron chi connectivity index (χ3n) is 3.27. The Morgan fingerprint density at radius 1 is 0.833 bits per heavy atom. The summed E-state index contributed by atoms with van der Waals surface area (Å²) in [6, 6.07) is 23.4.